The SMILES string of the molecule is CC(C)C1(Cn2cncc2C2CCCN2)CC1. The predicted octanol–water partition coefficient (Wildman–Crippen LogP) is 2.74. The summed E-state index contributed by atoms with van der Waals surface area (Å²) >= 11 is 0. The van der Waals surface area contributed by atoms with Gasteiger partial charge in [0, 0.05) is 18.8 Å². The van der Waals surface area contributed by atoms with Crippen molar-refractivity contribution in [2.24, 2.45) is 11.3 Å². The van der Waals surface area contributed by atoms with Gasteiger partial charge in [0.15, 0.2) is 0 Å². The van der Waals surface area contributed by atoms with E-state index < -0.39 is 0 Å². The van der Waals surface area contributed by atoms with Crippen LogP contribution in [0, 0.1) is 11.3 Å². The van der Waals surface area contributed by atoms with Crippen LogP contribution in [0.4, 0.5) is 0 Å². The van der Waals surface area contributed by atoms with Crippen LogP contribution in [0.15, 0.2) is 12.5 Å². The molecule has 1 saturated carbocycles. The highest BCUT2D eigenvalue weighted by atomic mass is 15.1. The topological polar surface area (TPSA) is 29.9 Å². The van der Waals surface area contributed by atoms with Gasteiger partial charge in [0.2, 0.25) is 0 Å². The number of nitrogens with zero attached hydrogens (tertiary/aromatic N) is 2. The van der Waals surface area contributed by atoms with E-state index in [4.69, 9.17) is 0 Å². The number of aromatic nitrogens is 2. The average Bonchev–Trinajstić information content (AvgIpc) is 2.75. The molecule has 2 heterocycles. The highest BCUT2D eigenvalue weighted by Crippen LogP contribution is 2.53. The summed E-state index contributed by atoms with van der Waals surface area (Å²) in [6, 6.07) is 0.542. The standard InChI is InChI=1S/C14H23N3/c1-11(2)14(5-6-14)9-17-10-15-8-13(17)12-4-3-7-16-12/h8,10-12,16H,3-7,9H2,1-2H3. The third-order valence-corrected chi connectivity index (χ3v) is 4.76. The molecule has 0 bridgehead atoms. The molecule has 17 heavy (non-hydrogen) atoms. The molecule has 1 unspecified atom stereocenters. The maximum Gasteiger partial charge on any atom is 0.0948 e. The lowest BCUT2D eigenvalue weighted by atomic mass is 9.92. The number of hydrogen-bond donors (Lipinski definition) is 1. The molecule has 0 spiro atoms. The van der Waals surface area contributed by atoms with Gasteiger partial charge in [-0.2, -0.15) is 0 Å². The first-order valence-electron chi connectivity index (χ1n) is 6.95. The van der Waals surface area contributed by atoms with Gasteiger partial charge >= 0.3 is 0 Å². The molecule has 1 aromatic rings. The number of nitrogens with one attached hydrogen (secondary N) is 1. The van der Waals surface area contributed by atoms with E-state index in [1.165, 1.54) is 31.4 Å². The van der Waals surface area contributed by atoms with E-state index in [0.717, 1.165) is 19.0 Å². The van der Waals surface area contributed by atoms with Crippen LogP contribution in [0.2, 0.25) is 0 Å². The second-order valence-corrected chi connectivity index (χ2v) is 6.11. The van der Waals surface area contributed by atoms with Crippen molar-refractivity contribution in [3.8, 4) is 0 Å². The third kappa shape index (κ3) is 2.01. The van der Waals surface area contributed by atoms with Crippen LogP contribution >= 0.6 is 0 Å². The first-order valence-corrected chi connectivity index (χ1v) is 6.95. The molecule has 0 radical (unpaired) electrons. The van der Waals surface area contributed by atoms with E-state index in [9.17, 15) is 0 Å². The minimum atomic E-state index is 0.542. The van der Waals surface area contributed by atoms with Gasteiger partial charge in [0.05, 0.1) is 12.0 Å². The minimum absolute atomic E-state index is 0.542. The van der Waals surface area contributed by atoms with Crippen molar-refractivity contribution in [1.82, 2.24) is 14.9 Å². The minimum Gasteiger partial charge on any atom is -0.333 e. The van der Waals surface area contributed by atoms with Crippen molar-refractivity contribution in [3.05, 3.63) is 18.2 Å². The molecule has 3 heteroatoms. The summed E-state index contributed by atoms with van der Waals surface area (Å²) in [5.41, 5.74) is 1.96. The Morgan fingerprint density at radius 3 is 2.94 bits per heavy atom. The fraction of sp³-hybridized carbons (Fsp3) is 0.786. The second kappa shape index (κ2) is 4.13. The summed E-state index contributed by atoms with van der Waals surface area (Å²) in [6.45, 7) is 7.04. The fourth-order valence-corrected chi connectivity index (χ4v) is 3.11. The zero-order valence-electron chi connectivity index (χ0n) is 10.9. The van der Waals surface area contributed by atoms with Crippen LogP contribution in [-0.2, 0) is 6.54 Å². The van der Waals surface area contributed by atoms with Crippen molar-refractivity contribution in [2.45, 2.75) is 52.1 Å². The maximum atomic E-state index is 4.36. The van der Waals surface area contributed by atoms with Crippen LogP contribution in [0.5, 0.6) is 0 Å². The Bertz CT molecular complexity index is 384. The lowest BCUT2D eigenvalue weighted by Crippen LogP contribution is -2.22. The molecule has 0 amide bonds. The fourth-order valence-electron chi connectivity index (χ4n) is 3.11. The summed E-state index contributed by atoms with van der Waals surface area (Å²) in [6.07, 6.45) is 9.42. The monoisotopic (exact) mass is 233 g/mol. The summed E-state index contributed by atoms with van der Waals surface area (Å²) in [5.74, 6) is 0.786. The van der Waals surface area contributed by atoms with Crippen molar-refractivity contribution in [3.63, 3.8) is 0 Å². The second-order valence-electron chi connectivity index (χ2n) is 6.11. The van der Waals surface area contributed by atoms with Gasteiger partial charge in [-0.1, -0.05) is 13.8 Å². The Hall–Kier alpha value is -0.830. The predicted molar refractivity (Wildman–Crippen MR) is 68.7 cm³/mol. The molecule has 3 nitrogen and oxygen atoms in total. The van der Waals surface area contributed by atoms with E-state index in [1.807, 2.05) is 6.33 Å². The summed E-state index contributed by atoms with van der Waals surface area (Å²) in [5, 5.41) is 3.57. The van der Waals surface area contributed by atoms with Crippen molar-refractivity contribution >= 4 is 0 Å². The quantitative estimate of drug-likeness (QED) is 0.866. The van der Waals surface area contributed by atoms with Crippen LogP contribution in [0.25, 0.3) is 0 Å². The van der Waals surface area contributed by atoms with E-state index in [-0.39, 0.29) is 0 Å². The number of imidazole rings is 1. The molecule has 94 valence electrons. The van der Waals surface area contributed by atoms with Gasteiger partial charge in [0.25, 0.3) is 0 Å². The van der Waals surface area contributed by atoms with Crippen LogP contribution < -0.4 is 5.32 Å². The largest absolute Gasteiger partial charge is 0.333 e. The lowest BCUT2D eigenvalue weighted by molar-refractivity contribution is 0.302. The van der Waals surface area contributed by atoms with Gasteiger partial charge in [0.1, 0.15) is 0 Å². The highest BCUT2D eigenvalue weighted by molar-refractivity contribution is 5.09. The molecule has 1 aliphatic carbocycles. The Balaban J connectivity index is 1.77. The van der Waals surface area contributed by atoms with E-state index >= 15 is 0 Å². The van der Waals surface area contributed by atoms with Gasteiger partial charge in [-0.15, -0.1) is 0 Å². The van der Waals surface area contributed by atoms with Crippen molar-refractivity contribution in [2.75, 3.05) is 6.54 Å². The number of rotatable bonds is 4. The Kier molecular flexibility index (Phi) is 2.74. The molecule has 1 N–H and O–H groups in total. The summed E-state index contributed by atoms with van der Waals surface area (Å²) < 4.78 is 2.40. The zero-order valence-corrected chi connectivity index (χ0v) is 10.9. The smallest absolute Gasteiger partial charge is 0.0948 e. The number of hydrogen-bond acceptors (Lipinski definition) is 2. The first kappa shape index (κ1) is 11.3. The molecule has 3 rings (SSSR count). The van der Waals surface area contributed by atoms with Gasteiger partial charge < -0.3 is 9.88 Å². The molecular weight excluding hydrogens is 210 g/mol. The van der Waals surface area contributed by atoms with E-state index in [0.29, 0.717) is 11.5 Å². The molecule has 0 aromatic carbocycles. The molecular formula is C14H23N3. The maximum absolute atomic E-state index is 4.36. The van der Waals surface area contributed by atoms with Crippen LogP contribution in [0.1, 0.15) is 51.3 Å². The van der Waals surface area contributed by atoms with Crippen LogP contribution in [-0.4, -0.2) is 16.1 Å². The lowest BCUT2D eigenvalue weighted by Gasteiger charge is -2.23. The third-order valence-electron chi connectivity index (χ3n) is 4.76. The molecule has 1 aromatic heterocycles. The summed E-state index contributed by atoms with van der Waals surface area (Å²) in [4.78, 5) is 4.36. The zero-order chi connectivity index (χ0) is 11.9. The molecule has 1 saturated heterocycles. The Labute approximate surface area is 104 Å². The van der Waals surface area contributed by atoms with E-state index in [1.54, 1.807) is 0 Å². The van der Waals surface area contributed by atoms with Crippen molar-refractivity contribution in [1.29, 1.82) is 0 Å². The van der Waals surface area contributed by atoms with Gasteiger partial charge in [-0.05, 0) is 43.6 Å². The molecule has 1 aliphatic heterocycles. The van der Waals surface area contributed by atoms with E-state index in [2.05, 4.69) is 34.9 Å². The Morgan fingerprint density at radius 2 is 2.35 bits per heavy atom. The van der Waals surface area contributed by atoms with Crippen molar-refractivity contribution < 1.29 is 0 Å². The highest BCUT2D eigenvalue weighted by Gasteiger charge is 2.45. The van der Waals surface area contributed by atoms with Gasteiger partial charge in [-0.3, -0.25) is 0 Å². The molecule has 1 atom stereocenters. The van der Waals surface area contributed by atoms with Gasteiger partial charge in [-0.25, -0.2) is 4.98 Å². The molecule has 2 aliphatic rings. The van der Waals surface area contributed by atoms with Crippen LogP contribution in [0.3, 0.4) is 0 Å². The average molecular weight is 233 g/mol. The molecule has 2 fully saturated rings. The summed E-state index contributed by atoms with van der Waals surface area (Å²) in [7, 11) is 0. The Morgan fingerprint density at radius 1 is 1.53 bits per heavy atom. The first-order chi connectivity index (χ1) is 8.21. The normalized spacial score (nSPS) is 26.6.